The van der Waals surface area contributed by atoms with E-state index in [4.69, 9.17) is 4.74 Å². The molecule has 0 amide bonds. The quantitative estimate of drug-likeness (QED) is 0.723. The summed E-state index contributed by atoms with van der Waals surface area (Å²) in [6.07, 6.45) is 1.05. The Morgan fingerprint density at radius 2 is 2.17 bits per heavy atom. The van der Waals surface area contributed by atoms with Crippen LogP contribution < -0.4 is 4.74 Å². The monoisotopic (exact) mass is 228 g/mol. The first-order chi connectivity index (χ1) is 5.81. The lowest BCUT2D eigenvalue weighted by atomic mass is 10.1. The van der Waals surface area contributed by atoms with Crippen LogP contribution in [0.2, 0.25) is 0 Å². The van der Waals surface area contributed by atoms with Crippen molar-refractivity contribution in [2.45, 2.75) is 18.7 Å². The summed E-state index contributed by atoms with van der Waals surface area (Å²) in [5, 5.41) is 0.847. The Morgan fingerprint density at radius 1 is 1.42 bits per heavy atom. The van der Waals surface area contributed by atoms with Crippen molar-refractivity contribution in [3.05, 3.63) is 29.3 Å². The molecule has 0 N–H and O–H groups in total. The number of methoxy groups -OCH3 is 1. The van der Waals surface area contributed by atoms with Crippen molar-refractivity contribution in [1.29, 1.82) is 0 Å². The Labute approximate surface area is 81.9 Å². The van der Waals surface area contributed by atoms with E-state index in [1.165, 1.54) is 11.1 Å². The summed E-state index contributed by atoms with van der Waals surface area (Å²) in [5.41, 5.74) is 2.52. The number of rotatable bonds is 3. The molecule has 0 heterocycles. The number of aryl methyl sites for hydroxylation is 1. The molecule has 0 radical (unpaired) electrons. The van der Waals surface area contributed by atoms with E-state index in [9.17, 15) is 0 Å². The second-order valence-electron chi connectivity index (χ2n) is 2.63. The molecule has 0 fully saturated rings. The maximum Gasteiger partial charge on any atom is 0.123 e. The van der Waals surface area contributed by atoms with Gasteiger partial charge in [0.1, 0.15) is 5.75 Å². The first-order valence-electron chi connectivity index (χ1n) is 4.03. The van der Waals surface area contributed by atoms with Crippen LogP contribution in [0.3, 0.4) is 0 Å². The molecule has 2 heteroatoms. The van der Waals surface area contributed by atoms with Gasteiger partial charge in [-0.3, -0.25) is 0 Å². The molecule has 1 aromatic rings. The molecule has 1 rings (SSSR count). The molecule has 0 spiro atoms. The maximum atomic E-state index is 5.25. The van der Waals surface area contributed by atoms with E-state index in [1.54, 1.807) is 7.11 Å². The van der Waals surface area contributed by atoms with Gasteiger partial charge in [0.25, 0.3) is 0 Å². The minimum atomic E-state index is 0.847. The van der Waals surface area contributed by atoms with Gasteiger partial charge in [0.2, 0.25) is 0 Å². The zero-order valence-electron chi connectivity index (χ0n) is 7.43. The Balaban J connectivity index is 3.02. The molecule has 0 aromatic heterocycles. The van der Waals surface area contributed by atoms with Gasteiger partial charge in [-0.2, -0.15) is 0 Å². The van der Waals surface area contributed by atoms with E-state index in [0.29, 0.717) is 0 Å². The highest BCUT2D eigenvalue weighted by molar-refractivity contribution is 9.08. The lowest BCUT2D eigenvalue weighted by Gasteiger charge is -2.07. The summed E-state index contributed by atoms with van der Waals surface area (Å²) in [7, 11) is 1.71. The molecule has 0 saturated carbocycles. The van der Waals surface area contributed by atoms with Crippen molar-refractivity contribution in [3.8, 4) is 5.75 Å². The van der Waals surface area contributed by atoms with Crippen molar-refractivity contribution in [1.82, 2.24) is 0 Å². The summed E-state index contributed by atoms with van der Waals surface area (Å²) in [4.78, 5) is 0. The number of ether oxygens (including phenoxy) is 1. The fraction of sp³-hybridized carbons (Fsp3) is 0.400. The Kier molecular flexibility index (Phi) is 3.60. The third-order valence-electron chi connectivity index (χ3n) is 1.90. The van der Waals surface area contributed by atoms with Crippen LogP contribution in [0.1, 0.15) is 18.1 Å². The predicted molar refractivity (Wildman–Crippen MR) is 55.0 cm³/mol. The minimum Gasteiger partial charge on any atom is -0.496 e. The standard InChI is InChI=1S/C10H13BrO/c1-3-8-4-5-9(7-11)10(6-8)12-2/h4-6H,3,7H2,1-2H3. The van der Waals surface area contributed by atoms with Crippen LogP contribution in [-0.4, -0.2) is 7.11 Å². The van der Waals surface area contributed by atoms with E-state index < -0.39 is 0 Å². The van der Waals surface area contributed by atoms with Crippen LogP contribution >= 0.6 is 15.9 Å². The predicted octanol–water partition coefficient (Wildman–Crippen LogP) is 3.15. The van der Waals surface area contributed by atoms with Crippen LogP contribution in [0.5, 0.6) is 5.75 Å². The fourth-order valence-electron chi connectivity index (χ4n) is 1.12. The molecule has 0 saturated heterocycles. The average Bonchev–Trinajstić information content (AvgIpc) is 2.16. The number of hydrogen-bond donors (Lipinski definition) is 0. The van der Waals surface area contributed by atoms with Crippen molar-refractivity contribution < 1.29 is 4.74 Å². The fourth-order valence-corrected chi connectivity index (χ4v) is 1.58. The second-order valence-corrected chi connectivity index (χ2v) is 3.19. The van der Waals surface area contributed by atoms with Crippen LogP contribution in [0, 0.1) is 0 Å². The highest BCUT2D eigenvalue weighted by Crippen LogP contribution is 2.22. The number of halogens is 1. The number of hydrogen-bond acceptors (Lipinski definition) is 1. The van der Waals surface area contributed by atoms with Gasteiger partial charge < -0.3 is 4.74 Å². The summed E-state index contributed by atoms with van der Waals surface area (Å²) < 4.78 is 5.25. The summed E-state index contributed by atoms with van der Waals surface area (Å²) in [5.74, 6) is 0.978. The summed E-state index contributed by atoms with van der Waals surface area (Å²) in [6.45, 7) is 2.14. The molecule has 0 aliphatic heterocycles. The molecule has 66 valence electrons. The van der Waals surface area contributed by atoms with Gasteiger partial charge in [-0.15, -0.1) is 0 Å². The van der Waals surface area contributed by atoms with E-state index in [0.717, 1.165) is 17.5 Å². The lowest BCUT2D eigenvalue weighted by Crippen LogP contribution is -1.91. The zero-order valence-corrected chi connectivity index (χ0v) is 9.02. The molecular weight excluding hydrogens is 216 g/mol. The number of alkyl halides is 1. The highest BCUT2D eigenvalue weighted by Gasteiger charge is 2.01. The van der Waals surface area contributed by atoms with Crippen LogP contribution in [0.25, 0.3) is 0 Å². The Morgan fingerprint density at radius 3 is 2.67 bits per heavy atom. The van der Waals surface area contributed by atoms with Gasteiger partial charge in [-0.25, -0.2) is 0 Å². The second kappa shape index (κ2) is 4.51. The SMILES string of the molecule is CCc1ccc(CBr)c(OC)c1. The van der Waals surface area contributed by atoms with E-state index in [1.807, 2.05) is 0 Å². The lowest BCUT2D eigenvalue weighted by molar-refractivity contribution is 0.411. The summed E-state index contributed by atoms with van der Waals surface area (Å²) in [6, 6.07) is 6.34. The Hall–Kier alpha value is -0.500. The summed E-state index contributed by atoms with van der Waals surface area (Å²) >= 11 is 3.42. The van der Waals surface area contributed by atoms with Crippen LogP contribution in [0.4, 0.5) is 0 Å². The van der Waals surface area contributed by atoms with Crippen LogP contribution in [-0.2, 0) is 11.8 Å². The smallest absolute Gasteiger partial charge is 0.123 e. The first-order valence-corrected chi connectivity index (χ1v) is 5.15. The first kappa shape index (κ1) is 9.59. The normalized spacial score (nSPS) is 9.92. The van der Waals surface area contributed by atoms with E-state index in [2.05, 4.69) is 41.1 Å². The molecule has 0 bridgehead atoms. The number of benzene rings is 1. The van der Waals surface area contributed by atoms with Crippen molar-refractivity contribution in [2.24, 2.45) is 0 Å². The Bertz CT molecular complexity index is 258. The van der Waals surface area contributed by atoms with Gasteiger partial charge in [-0.1, -0.05) is 35.0 Å². The third-order valence-corrected chi connectivity index (χ3v) is 2.51. The minimum absolute atomic E-state index is 0.847. The van der Waals surface area contributed by atoms with Gasteiger partial charge in [-0.05, 0) is 18.1 Å². The molecule has 0 aliphatic carbocycles. The van der Waals surface area contributed by atoms with Crippen LogP contribution in [0.15, 0.2) is 18.2 Å². The van der Waals surface area contributed by atoms with Crippen molar-refractivity contribution in [3.63, 3.8) is 0 Å². The average molecular weight is 229 g/mol. The molecule has 0 unspecified atom stereocenters. The zero-order chi connectivity index (χ0) is 8.97. The molecular formula is C10H13BrO. The van der Waals surface area contributed by atoms with Crippen molar-refractivity contribution >= 4 is 15.9 Å². The topological polar surface area (TPSA) is 9.23 Å². The van der Waals surface area contributed by atoms with E-state index >= 15 is 0 Å². The largest absolute Gasteiger partial charge is 0.496 e. The van der Waals surface area contributed by atoms with Crippen molar-refractivity contribution in [2.75, 3.05) is 7.11 Å². The maximum absolute atomic E-state index is 5.25. The molecule has 1 aromatic carbocycles. The molecule has 12 heavy (non-hydrogen) atoms. The molecule has 1 nitrogen and oxygen atoms in total. The van der Waals surface area contributed by atoms with E-state index in [-0.39, 0.29) is 0 Å². The van der Waals surface area contributed by atoms with Gasteiger partial charge in [0, 0.05) is 10.9 Å². The molecule has 0 aliphatic rings. The van der Waals surface area contributed by atoms with Gasteiger partial charge in [0.15, 0.2) is 0 Å². The van der Waals surface area contributed by atoms with Gasteiger partial charge >= 0.3 is 0 Å². The molecule has 0 atom stereocenters. The van der Waals surface area contributed by atoms with Gasteiger partial charge in [0.05, 0.1) is 7.11 Å². The third kappa shape index (κ3) is 2.01. The highest BCUT2D eigenvalue weighted by atomic mass is 79.9.